The molecule has 1 atom stereocenters. The topological polar surface area (TPSA) is 67.9 Å². The number of halogens is 1. The quantitative estimate of drug-likeness (QED) is 0.653. The third-order valence-electron chi connectivity index (χ3n) is 4.78. The van der Waals surface area contributed by atoms with E-state index in [0.717, 1.165) is 18.4 Å². The van der Waals surface area contributed by atoms with E-state index in [1.54, 1.807) is 24.1 Å². The van der Waals surface area contributed by atoms with Gasteiger partial charge in [-0.05, 0) is 30.2 Å². The lowest BCUT2D eigenvalue weighted by atomic mass is 10.1. The zero-order valence-corrected chi connectivity index (χ0v) is 17.6. The summed E-state index contributed by atoms with van der Waals surface area (Å²) in [6, 6.07) is 10.2. The van der Waals surface area contributed by atoms with E-state index in [2.05, 4.69) is 12.2 Å². The van der Waals surface area contributed by atoms with Gasteiger partial charge in [-0.1, -0.05) is 43.1 Å². The Hall–Kier alpha value is -2.73. The predicted molar refractivity (Wildman–Crippen MR) is 113 cm³/mol. The molecule has 7 heteroatoms. The van der Waals surface area contributed by atoms with Gasteiger partial charge >= 0.3 is 0 Å². The highest BCUT2D eigenvalue weighted by Gasteiger charge is 2.39. The van der Waals surface area contributed by atoms with Crippen LogP contribution in [0.1, 0.15) is 43.9 Å². The minimum absolute atomic E-state index is 0.217. The van der Waals surface area contributed by atoms with Crippen LogP contribution in [-0.2, 0) is 16.1 Å². The van der Waals surface area contributed by atoms with Gasteiger partial charge < -0.3 is 19.7 Å². The highest BCUT2D eigenvalue weighted by molar-refractivity contribution is 6.34. The predicted octanol–water partition coefficient (Wildman–Crippen LogP) is 4.25. The van der Waals surface area contributed by atoms with Crippen LogP contribution in [0.25, 0.3) is 0 Å². The zero-order valence-electron chi connectivity index (χ0n) is 16.8. The molecule has 0 saturated heterocycles. The summed E-state index contributed by atoms with van der Waals surface area (Å²) in [5.41, 5.74) is 2.19. The van der Waals surface area contributed by atoms with Gasteiger partial charge in [0.05, 0.1) is 31.0 Å². The van der Waals surface area contributed by atoms with Gasteiger partial charge in [0.15, 0.2) is 11.5 Å². The lowest BCUT2D eigenvalue weighted by molar-refractivity contribution is -0.126. The van der Waals surface area contributed by atoms with Gasteiger partial charge in [0.1, 0.15) is 6.04 Å². The summed E-state index contributed by atoms with van der Waals surface area (Å²) >= 11 is 6.40. The molecule has 0 aliphatic carbocycles. The van der Waals surface area contributed by atoms with Crippen LogP contribution in [0.5, 0.6) is 11.5 Å². The molecule has 2 aromatic rings. The molecule has 2 aromatic carbocycles. The van der Waals surface area contributed by atoms with Gasteiger partial charge in [0, 0.05) is 12.5 Å². The molecule has 0 aromatic heterocycles. The fourth-order valence-corrected chi connectivity index (χ4v) is 3.67. The molecule has 0 unspecified atom stereocenters. The molecular weight excluding hydrogens is 392 g/mol. The van der Waals surface area contributed by atoms with E-state index < -0.39 is 6.04 Å². The molecule has 0 bridgehead atoms. The summed E-state index contributed by atoms with van der Waals surface area (Å²) in [6.45, 7) is 4.42. The van der Waals surface area contributed by atoms with Crippen molar-refractivity contribution in [1.82, 2.24) is 5.32 Å². The molecular formula is C22H25ClN2O4. The molecule has 1 heterocycles. The number of hydrogen-bond donors (Lipinski definition) is 1. The lowest BCUT2D eigenvalue weighted by Gasteiger charge is -2.20. The number of fused-ring (bicyclic) bond motifs is 1. The molecule has 0 spiro atoms. The standard InChI is InChI=1S/C22H25ClN2O4/c1-4-5-11-29-18-10-9-15(12-19(18)28-3)13-25-21-16(7-6-8-17(21)23)20(22(25)27)24-14(2)26/h6-10,12,20H,4-5,11,13H2,1-3H3,(H,24,26)/t20-/m1/s1. The van der Waals surface area contributed by atoms with Crippen molar-refractivity contribution in [2.75, 3.05) is 18.6 Å². The average Bonchev–Trinajstić information content (AvgIpc) is 2.95. The van der Waals surface area contributed by atoms with Crippen molar-refractivity contribution in [3.63, 3.8) is 0 Å². The van der Waals surface area contributed by atoms with Gasteiger partial charge in [-0.3, -0.25) is 9.59 Å². The van der Waals surface area contributed by atoms with E-state index in [0.29, 0.717) is 40.9 Å². The van der Waals surface area contributed by atoms with Gasteiger partial charge in [-0.15, -0.1) is 0 Å². The van der Waals surface area contributed by atoms with Gasteiger partial charge in [0.25, 0.3) is 5.91 Å². The van der Waals surface area contributed by atoms with Gasteiger partial charge in [-0.2, -0.15) is 0 Å². The monoisotopic (exact) mass is 416 g/mol. The number of hydrogen-bond acceptors (Lipinski definition) is 4. The first kappa shape index (κ1) is 21.0. The van der Waals surface area contributed by atoms with Crippen molar-refractivity contribution in [3.8, 4) is 11.5 Å². The van der Waals surface area contributed by atoms with Gasteiger partial charge in [-0.25, -0.2) is 0 Å². The highest BCUT2D eigenvalue weighted by Crippen LogP contribution is 2.42. The second-order valence-corrected chi connectivity index (χ2v) is 7.33. The molecule has 0 radical (unpaired) electrons. The third kappa shape index (κ3) is 4.48. The first-order valence-corrected chi connectivity index (χ1v) is 10.0. The number of amides is 2. The van der Waals surface area contributed by atoms with Crippen LogP contribution in [0.2, 0.25) is 5.02 Å². The second-order valence-electron chi connectivity index (χ2n) is 6.92. The molecule has 2 amide bonds. The summed E-state index contributed by atoms with van der Waals surface area (Å²) in [6.07, 6.45) is 2.01. The summed E-state index contributed by atoms with van der Waals surface area (Å²) in [7, 11) is 1.59. The maximum atomic E-state index is 13.0. The Morgan fingerprint density at radius 2 is 2.03 bits per heavy atom. The van der Waals surface area contributed by atoms with Crippen molar-refractivity contribution in [2.24, 2.45) is 0 Å². The first-order chi connectivity index (χ1) is 14.0. The number of methoxy groups -OCH3 is 1. The average molecular weight is 417 g/mol. The van der Waals surface area contributed by atoms with Crippen molar-refractivity contribution in [1.29, 1.82) is 0 Å². The summed E-state index contributed by atoms with van der Waals surface area (Å²) < 4.78 is 11.2. The minimum Gasteiger partial charge on any atom is -0.493 e. The number of benzene rings is 2. The number of unbranched alkanes of at least 4 members (excludes halogenated alkanes) is 1. The van der Waals surface area contributed by atoms with Crippen LogP contribution in [-0.4, -0.2) is 25.5 Å². The van der Waals surface area contributed by atoms with Crippen molar-refractivity contribution in [3.05, 3.63) is 52.5 Å². The number of ether oxygens (including phenoxy) is 2. The van der Waals surface area contributed by atoms with E-state index in [-0.39, 0.29) is 11.8 Å². The van der Waals surface area contributed by atoms with E-state index in [1.807, 2.05) is 24.3 Å². The summed E-state index contributed by atoms with van der Waals surface area (Å²) in [5, 5.41) is 3.19. The van der Waals surface area contributed by atoms with Crippen LogP contribution in [0, 0.1) is 0 Å². The van der Waals surface area contributed by atoms with E-state index >= 15 is 0 Å². The van der Waals surface area contributed by atoms with Crippen molar-refractivity contribution >= 4 is 29.1 Å². The highest BCUT2D eigenvalue weighted by atomic mass is 35.5. The molecule has 0 saturated carbocycles. The normalized spacial score (nSPS) is 15.2. The number of nitrogens with one attached hydrogen (secondary N) is 1. The van der Waals surface area contributed by atoms with Crippen molar-refractivity contribution < 1.29 is 19.1 Å². The maximum Gasteiger partial charge on any atom is 0.254 e. The van der Waals surface area contributed by atoms with E-state index in [9.17, 15) is 9.59 Å². The fourth-order valence-electron chi connectivity index (χ4n) is 3.39. The van der Waals surface area contributed by atoms with Crippen LogP contribution >= 0.6 is 11.6 Å². The zero-order chi connectivity index (χ0) is 21.0. The molecule has 154 valence electrons. The Labute approximate surface area is 175 Å². The summed E-state index contributed by atoms with van der Waals surface area (Å²) in [4.78, 5) is 26.2. The Kier molecular flexibility index (Phi) is 6.64. The Morgan fingerprint density at radius 1 is 1.24 bits per heavy atom. The number of anilines is 1. The number of nitrogens with zero attached hydrogens (tertiary/aromatic N) is 1. The van der Waals surface area contributed by atoms with Gasteiger partial charge in [0.2, 0.25) is 5.91 Å². The second kappa shape index (κ2) is 9.18. The van der Waals surface area contributed by atoms with E-state index in [4.69, 9.17) is 21.1 Å². The largest absolute Gasteiger partial charge is 0.493 e. The smallest absolute Gasteiger partial charge is 0.254 e. The Bertz CT molecular complexity index is 916. The van der Waals surface area contributed by atoms with Crippen LogP contribution < -0.4 is 19.7 Å². The maximum absolute atomic E-state index is 13.0. The van der Waals surface area contributed by atoms with E-state index in [1.165, 1.54) is 6.92 Å². The van der Waals surface area contributed by atoms with Crippen LogP contribution in [0.4, 0.5) is 5.69 Å². The molecule has 1 N–H and O–H groups in total. The first-order valence-electron chi connectivity index (χ1n) is 9.62. The minimum atomic E-state index is -0.736. The number of para-hydroxylation sites is 1. The summed E-state index contributed by atoms with van der Waals surface area (Å²) in [5.74, 6) is 0.798. The lowest BCUT2D eigenvalue weighted by Crippen LogP contribution is -2.36. The molecule has 6 nitrogen and oxygen atoms in total. The fraction of sp³-hybridized carbons (Fsp3) is 0.364. The Morgan fingerprint density at radius 3 is 2.72 bits per heavy atom. The SMILES string of the molecule is CCCCOc1ccc(CN2C(=O)[C@H](NC(C)=O)c3cccc(Cl)c32)cc1OC. The molecule has 3 rings (SSSR count). The third-order valence-corrected chi connectivity index (χ3v) is 5.09. The Balaban J connectivity index is 1.88. The number of carbonyl (C=O) groups excluding carboxylic acids is 2. The van der Waals surface area contributed by atoms with Crippen LogP contribution in [0.15, 0.2) is 36.4 Å². The molecule has 1 aliphatic heterocycles. The van der Waals surface area contributed by atoms with Crippen molar-refractivity contribution in [2.45, 2.75) is 39.3 Å². The molecule has 29 heavy (non-hydrogen) atoms. The number of rotatable bonds is 8. The number of carbonyl (C=O) groups is 2. The van der Waals surface area contributed by atoms with Crippen LogP contribution in [0.3, 0.4) is 0 Å². The molecule has 1 aliphatic rings. The molecule has 0 fully saturated rings.